The molecule has 1 aliphatic heterocycles. The molecule has 0 saturated carbocycles. The van der Waals surface area contributed by atoms with Crippen molar-refractivity contribution in [3.05, 3.63) is 83.4 Å². The van der Waals surface area contributed by atoms with Gasteiger partial charge in [-0.2, -0.15) is 0 Å². The van der Waals surface area contributed by atoms with Gasteiger partial charge >= 0.3 is 6.29 Å². The minimum absolute atomic E-state index is 0.0411. The molecule has 1 aliphatic rings. The predicted octanol–water partition coefficient (Wildman–Crippen LogP) is 7.00. The third-order valence-corrected chi connectivity index (χ3v) is 4.68. The second kappa shape index (κ2) is 7.28. The Kier molecular flexibility index (Phi) is 4.78. The molecule has 0 amide bonds. The number of rotatable bonds is 4. The van der Waals surface area contributed by atoms with Gasteiger partial charge in [-0.1, -0.05) is 55.5 Å². The largest absolute Gasteiger partial charge is 0.586 e. The quantitative estimate of drug-likeness (QED) is 0.347. The summed E-state index contributed by atoms with van der Waals surface area (Å²) in [5.74, 6) is -2.85. The maximum atomic E-state index is 14.6. The van der Waals surface area contributed by atoms with Crippen LogP contribution in [0.5, 0.6) is 11.5 Å². The molecular weight excluding hydrogens is 384 g/mol. The molecule has 1 heterocycles. The van der Waals surface area contributed by atoms with E-state index < -0.39 is 17.9 Å². The number of alkyl halides is 2. The zero-order valence-corrected chi connectivity index (χ0v) is 15.4. The van der Waals surface area contributed by atoms with E-state index in [1.54, 1.807) is 12.1 Å². The summed E-state index contributed by atoms with van der Waals surface area (Å²) in [4.78, 5) is 0. The van der Waals surface area contributed by atoms with E-state index in [0.717, 1.165) is 35.7 Å². The molecule has 4 rings (SSSR count). The maximum Gasteiger partial charge on any atom is 0.586 e. The minimum Gasteiger partial charge on any atom is -0.395 e. The zero-order valence-electron chi connectivity index (χ0n) is 15.4. The number of hydrogen-bond donors (Lipinski definition) is 0. The van der Waals surface area contributed by atoms with E-state index in [2.05, 4.69) is 16.4 Å². The first-order valence-corrected chi connectivity index (χ1v) is 9.01. The Morgan fingerprint density at radius 2 is 1.24 bits per heavy atom. The van der Waals surface area contributed by atoms with Crippen LogP contribution in [-0.2, 0) is 6.42 Å². The van der Waals surface area contributed by atoms with Crippen LogP contribution >= 0.6 is 0 Å². The fourth-order valence-corrected chi connectivity index (χ4v) is 3.08. The summed E-state index contributed by atoms with van der Waals surface area (Å²) in [5, 5.41) is 0. The Balaban J connectivity index is 1.60. The summed E-state index contributed by atoms with van der Waals surface area (Å²) in [6, 6.07) is 17.6. The molecule has 0 aliphatic carbocycles. The minimum atomic E-state index is -3.81. The van der Waals surface area contributed by atoms with E-state index in [1.807, 2.05) is 24.3 Å². The summed E-state index contributed by atoms with van der Waals surface area (Å²) in [5.41, 5.74) is 2.87. The van der Waals surface area contributed by atoms with Crippen molar-refractivity contribution in [3.8, 4) is 22.6 Å². The number of ether oxygens (including phenoxy) is 2. The van der Waals surface area contributed by atoms with Crippen molar-refractivity contribution in [2.24, 2.45) is 0 Å². The first kappa shape index (κ1) is 19.1. The van der Waals surface area contributed by atoms with Crippen LogP contribution in [0.1, 0.15) is 23.6 Å². The summed E-state index contributed by atoms with van der Waals surface area (Å²) >= 11 is 0. The highest BCUT2D eigenvalue weighted by atomic mass is 19.3. The third-order valence-electron chi connectivity index (χ3n) is 4.68. The van der Waals surface area contributed by atoms with Gasteiger partial charge in [-0.25, -0.2) is 8.78 Å². The summed E-state index contributed by atoms with van der Waals surface area (Å²) < 4.78 is 64.0. The highest BCUT2D eigenvalue weighted by molar-refractivity contribution is 5.84. The molecule has 0 spiro atoms. The van der Waals surface area contributed by atoms with Gasteiger partial charge in [-0.3, -0.25) is 0 Å². The molecule has 0 radical (unpaired) electrons. The topological polar surface area (TPSA) is 18.5 Å². The van der Waals surface area contributed by atoms with E-state index in [1.165, 1.54) is 17.7 Å². The van der Waals surface area contributed by atoms with E-state index in [4.69, 9.17) is 0 Å². The van der Waals surface area contributed by atoms with Gasteiger partial charge in [0.2, 0.25) is 0 Å². The van der Waals surface area contributed by atoms with Crippen LogP contribution < -0.4 is 9.47 Å². The number of benzene rings is 3. The lowest BCUT2D eigenvalue weighted by atomic mass is 10.0. The van der Waals surface area contributed by atoms with E-state index in [9.17, 15) is 17.6 Å². The Labute approximate surface area is 165 Å². The lowest BCUT2D eigenvalue weighted by molar-refractivity contribution is -0.286. The molecule has 29 heavy (non-hydrogen) atoms. The van der Waals surface area contributed by atoms with Crippen LogP contribution in [0, 0.1) is 0 Å². The van der Waals surface area contributed by atoms with E-state index in [-0.39, 0.29) is 22.6 Å². The van der Waals surface area contributed by atoms with Gasteiger partial charge in [0.05, 0.1) is 0 Å². The van der Waals surface area contributed by atoms with Gasteiger partial charge in [-0.15, -0.1) is 8.78 Å². The molecule has 0 N–H and O–H groups in total. The van der Waals surface area contributed by atoms with Crippen LogP contribution in [0.15, 0.2) is 66.7 Å². The molecule has 3 aromatic carbocycles. The standard InChI is InChI=1S/C23H16F4O2/c1-2-14-3-5-15(6-4-14)16-7-9-17(10-8-16)21(24)22(25)18-11-12-19-20(13-18)29-23(26,27)28-19/h3-13H,2H2,1H3/b22-21+. The monoisotopic (exact) mass is 400 g/mol. The Bertz CT molecular complexity index is 1070. The van der Waals surface area contributed by atoms with Crippen LogP contribution in [0.2, 0.25) is 0 Å². The Hall–Kier alpha value is -3.28. The van der Waals surface area contributed by atoms with Crippen molar-refractivity contribution in [3.63, 3.8) is 0 Å². The molecule has 0 atom stereocenters. The molecular formula is C23H16F4O2. The van der Waals surface area contributed by atoms with Crippen molar-refractivity contribution < 1.29 is 27.0 Å². The second-order valence-corrected chi connectivity index (χ2v) is 6.58. The molecule has 2 nitrogen and oxygen atoms in total. The number of aryl methyl sites for hydroxylation is 1. The number of halogens is 4. The summed E-state index contributed by atoms with van der Waals surface area (Å²) in [7, 11) is 0. The number of hydrogen-bond acceptors (Lipinski definition) is 2. The SMILES string of the molecule is CCc1ccc(-c2ccc(/C(F)=C(\F)c3ccc4c(c3)OC(F)(F)O4)cc2)cc1. The van der Waals surface area contributed by atoms with Crippen LogP contribution in [-0.4, -0.2) is 6.29 Å². The first-order valence-electron chi connectivity index (χ1n) is 9.01. The lowest BCUT2D eigenvalue weighted by Crippen LogP contribution is -2.25. The second-order valence-electron chi connectivity index (χ2n) is 6.58. The molecule has 0 saturated heterocycles. The highest BCUT2D eigenvalue weighted by Crippen LogP contribution is 2.43. The van der Waals surface area contributed by atoms with E-state index >= 15 is 0 Å². The predicted molar refractivity (Wildman–Crippen MR) is 103 cm³/mol. The molecule has 148 valence electrons. The van der Waals surface area contributed by atoms with Gasteiger partial charge in [0, 0.05) is 11.1 Å². The van der Waals surface area contributed by atoms with Crippen molar-refractivity contribution in [1.82, 2.24) is 0 Å². The number of fused-ring (bicyclic) bond motifs is 1. The Morgan fingerprint density at radius 3 is 1.86 bits per heavy atom. The average Bonchev–Trinajstić information content (AvgIpc) is 3.05. The molecule has 0 fully saturated rings. The zero-order chi connectivity index (χ0) is 20.6. The van der Waals surface area contributed by atoms with Crippen LogP contribution in [0.4, 0.5) is 17.6 Å². The van der Waals surface area contributed by atoms with Gasteiger partial charge in [0.15, 0.2) is 23.2 Å². The normalized spacial score (nSPS) is 15.2. The molecule has 3 aromatic rings. The van der Waals surface area contributed by atoms with Crippen molar-refractivity contribution in [2.75, 3.05) is 0 Å². The van der Waals surface area contributed by atoms with Gasteiger partial charge in [0.1, 0.15) is 0 Å². The Morgan fingerprint density at radius 1 is 0.724 bits per heavy atom. The van der Waals surface area contributed by atoms with Gasteiger partial charge in [-0.05, 0) is 41.3 Å². The summed E-state index contributed by atoms with van der Waals surface area (Å²) in [6.07, 6.45) is -2.88. The van der Waals surface area contributed by atoms with Gasteiger partial charge in [0.25, 0.3) is 0 Å². The lowest BCUT2D eigenvalue weighted by Gasteiger charge is -2.06. The smallest absolute Gasteiger partial charge is 0.395 e. The van der Waals surface area contributed by atoms with Gasteiger partial charge < -0.3 is 9.47 Å². The fraction of sp³-hybridized carbons (Fsp3) is 0.130. The average molecular weight is 400 g/mol. The first-order chi connectivity index (χ1) is 13.9. The highest BCUT2D eigenvalue weighted by Gasteiger charge is 2.43. The molecule has 0 bridgehead atoms. The molecule has 6 heteroatoms. The maximum absolute atomic E-state index is 14.6. The van der Waals surface area contributed by atoms with Crippen molar-refractivity contribution in [1.29, 1.82) is 0 Å². The van der Waals surface area contributed by atoms with Crippen molar-refractivity contribution in [2.45, 2.75) is 19.6 Å². The van der Waals surface area contributed by atoms with Crippen LogP contribution in [0.25, 0.3) is 22.8 Å². The summed E-state index contributed by atoms with van der Waals surface area (Å²) in [6.45, 7) is 2.07. The fourth-order valence-electron chi connectivity index (χ4n) is 3.08. The van der Waals surface area contributed by atoms with Crippen LogP contribution in [0.3, 0.4) is 0 Å². The molecule has 0 aromatic heterocycles. The van der Waals surface area contributed by atoms with E-state index in [0.29, 0.717) is 0 Å². The molecule has 0 unspecified atom stereocenters. The van der Waals surface area contributed by atoms with Crippen molar-refractivity contribution >= 4 is 11.7 Å². The third kappa shape index (κ3) is 3.83.